The Labute approximate surface area is 63.4 Å². The molecule has 0 fully saturated rings. The van der Waals surface area contributed by atoms with Crippen molar-refractivity contribution in [2.75, 3.05) is 0 Å². The molecule has 58 valence electrons. The zero-order valence-corrected chi connectivity index (χ0v) is 5.94. The maximum absolute atomic E-state index is 12.0. The van der Waals surface area contributed by atoms with Gasteiger partial charge >= 0.3 is 6.18 Å². The lowest BCUT2D eigenvalue weighted by atomic mass is 9.94. The Bertz CT molecular complexity index is 254. The number of halogens is 3. The Hall–Kier alpha value is -0.925. The molecule has 0 aromatic heterocycles. The highest BCUT2D eigenvalue weighted by atomic mass is 19.4. The normalized spacial score (nSPS) is 11.5. The summed E-state index contributed by atoms with van der Waals surface area (Å²) in [6.45, 7) is 0. The summed E-state index contributed by atoms with van der Waals surface area (Å²) in [5, 5.41) is 0. The lowest BCUT2D eigenvalue weighted by molar-refractivity contribution is -0.137. The van der Waals surface area contributed by atoms with Crippen LogP contribution in [0.1, 0.15) is 5.56 Å². The van der Waals surface area contributed by atoms with Gasteiger partial charge in [0.2, 0.25) is 0 Å². The minimum atomic E-state index is -4.22. The van der Waals surface area contributed by atoms with Gasteiger partial charge in [0.25, 0.3) is 0 Å². The zero-order chi connectivity index (χ0) is 8.48. The van der Waals surface area contributed by atoms with E-state index in [1.54, 1.807) is 13.9 Å². The molecule has 0 amide bonds. The van der Waals surface area contributed by atoms with Gasteiger partial charge in [-0.25, -0.2) is 0 Å². The fraction of sp³-hybridized carbons (Fsp3) is 0.143. The van der Waals surface area contributed by atoms with Crippen LogP contribution in [0, 0.1) is 0 Å². The topological polar surface area (TPSA) is 0 Å². The second-order valence-corrected chi connectivity index (χ2v) is 2.37. The van der Waals surface area contributed by atoms with Crippen molar-refractivity contribution in [2.45, 2.75) is 6.18 Å². The summed E-state index contributed by atoms with van der Waals surface area (Å²) in [5.41, 5.74) is 0.0392. The molecule has 0 spiro atoms. The number of rotatable bonds is 0. The van der Waals surface area contributed by atoms with Crippen LogP contribution in [0.4, 0.5) is 13.2 Å². The van der Waals surface area contributed by atoms with E-state index in [-0.39, 0.29) is 0 Å². The molecule has 0 N–H and O–H groups in total. The van der Waals surface area contributed by atoms with Crippen LogP contribution in [0.5, 0.6) is 0 Å². The van der Waals surface area contributed by atoms with Crippen molar-refractivity contribution in [1.82, 2.24) is 0 Å². The fourth-order valence-corrected chi connectivity index (χ4v) is 0.821. The van der Waals surface area contributed by atoms with Crippen LogP contribution in [0.3, 0.4) is 0 Å². The Kier molecular flexibility index (Phi) is 1.93. The number of benzene rings is 1. The molecular formula is C7H6BF3. The Morgan fingerprint density at radius 1 is 1.18 bits per heavy atom. The monoisotopic (exact) mass is 158 g/mol. The van der Waals surface area contributed by atoms with E-state index in [2.05, 4.69) is 0 Å². The van der Waals surface area contributed by atoms with Gasteiger partial charge in [-0.1, -0.05) is 29.7 Å². The fourth-order valence-electron chi connectivity index (χ4n) is 0.821. The summed E-state index contributed by atoms with van der Waals surface area (Å²) in [4.78, 5) is 0. The van der Waals surface area contributed by atoms with E-state index in [1.807, 2.05) is 0 Å². The van der Waals surface area contributed by atoms with Crippen molar-refractivity contribution in [3.05, 3.63) is 29.8 Å². The van der Waals surface area contributed by atoms with Crippen LogP contribution >= 0.6 is 0 Å². The molecule has 1 rings (SSSR count). The molecule has 11 heavy (non-hydrogen) atoms. The van der Waals surface area contributed by atoms with E-state index < -0.39 is 11.7 Å². The second kappa shape index (κ2) is 2.60. The summed E-state index contributed by atoms with van der Waals surface area (Å²) in [7, 11) is 1.63. The summed E-state index contributed by atoms with van der Waals surface area (Å²) in [6.07, 6.45) is -4.22. The summed E-state index contributed by atoms with van der Waals surface area (Å²) < 4.78 is 35.9. The molecule has 0 bridgehead atoms. The molecule has 0 nitrogen and oxygen atoms in total. The maximum Gasteiger partial charge on any atom is 0.416 e. The van der Waals surface area contributed by atoms with Crippen molar-refractivity contribution in [3.63, 3.8) is 0 Å². The smallest absolute Gasteiger partial charge is 0.166 e. The summed E-state index contributed by atoms with van der Waals surface area (Å²) in [6, 6.07) is 5.22. The van der Waals surface area contributed by atoms with E-state index in [0.29, 0.717) is 5.46 Å². The van der Waals surface area contributed by atoms with Crippen LogP contribution in [0.15, 0.2) is 24.3 Å². The standard InChI is InChI=1S/C7H6BF3/c8-6-3-1-2-5(4-6)7(9,10)11/h1-4H,8H2. The number of hydrogen-bond acceptors (Lipinski definition) is 0. The zero-order valence-electron chi connectivity index (χ0n) is 5.94. The number of alkyl halides is 3. The van der Waals surface area contributed by atoms with Gasteiger partial charge in [0, 0.05) is 0 Å². The molecule has 0 atom stereocenters. The lowest BCUT2D eigenvalue weighted by Gasteiger charge is -2.05. The molecule has 0 aliphatic heterocycles. The van der Waals surface area contributed by atoms with Gasteiger partial charge in [0.1, 0.15) is 7.85 Å². The summed E-state index contributed by atoms with van der Waals surface area (Å²) in [5.74, 6) is 0. The highest BCUT2D eigenvalue weighted by Gasteiger charge is 2.29. The Morgan fingerprint density at radius 3 is 2.18 bits per heavy atom. The number of hydrogen-bond donors (Lipinski definition) is 0. The molecule has 0 radical (unpaired) electrons. The molecule has 0 saturated heterocycles. The van der Waals surface area contributed by atoms with Gasteiger partial charge in [0.15, 0.2) is 0 Å². The third kappa shape index (κ3) is 2.00. The minimum Gasteiger partial charge on any atom is -0.166 e. The first-order valence-electron chi connectivity index (χ1n) is 3.14. The molecule has 0 unspecified atom stereocenters. The predicted molar refractivity (Wildman–Crippen MR) is 39.6 cm³/mol. The van der Waals surface area contributed by atoms with Gasteiger partial charge in [-0.3, -0.25) is 0 Å². The maximum atomic E-state index is 12.0. The van der Waals surface area contributed by atoms with E-state index in [9.17, 15) is 13.2 Å². The largest absolute Gasteiger partial charge is 0.416 e. The van der Waals surface area contributed by atoms with Crippen LogP contribution in [0.2, 0.25) is 0 Å². The lowest BCUT2D eigenvalue weighted by Crippen LogP contribution is -2.10. The third-order valence-electron chi connectivity index (χ3n) is 1.35. The minimum absolute atomic E-state index is 0.586. The molecule has 0 heterocycles. The average Bonchev–Trinajstić information content (AvgIpc) is 1.86. The molecule has 0 aliphatic rings. The second-order valence-electron chi connectivity index (χ2n) is 2.37. The molecule has 0 aliphatic carbocycles. The third-order valence-corrected chi connectivity index (χ3v) is 1.35. The van der Waals surface area contributed by atoms with Gasteiger partial charge in [0.05, 0.1) is 5.56 Å². The van der Waals surface area contributed by atoms with E-state index in [4.69, 9.17) is 0 Å². The van der Waals surface area contributed by atoms with Gasteiger partial charge in [-0.05, 0) is 0 Å². The first-order chi connectivity index (χ1) is 5.00. The van der Waals surface area contributed by atoms with Crippen LogP contribution in [0.25, 0.3) is 0 Å². The first kappa shape index (κ1) is 8.17. The van der Waals surface area contributed by atoms with E-state index in [1.165, 1.54) is 6.07 Å². The van der Waals surface area contributed by atoms with Crippen molar-refractivity contribution in [2.24, 2.45) is 0 Å². The Balaban J connectivity index is 3.06. The van der Waals surface area contributed by atoms with Gasteiger partial charge in [-0.2, -0.15) is 13.2 Å². The molecule has 0 saturated carbocycles. The van der Waals surface area contributed by atoms with Crippen LogP contribution in [-0.4, -0.2) is 7.85 Å². The van der Waals surface area contributed by atoms with Crippen molar-refractivity contribution >= 4 is 13.3 Å². The predicted octanol–water partition coefficient (Wildman–Crippen LogP) is 0.964. The Morgan fingerprint density at radius 2 is 1.82 bits per heavy atom. The van der Waals surface area contributed by atoms with Gasteiger partial charge in [-0.15, -0.1) is 0 Å². The molecule has 4 heteroatoms. The highest BCUT2D eigenvalue weighted by molar-refractivity contribution is 6.32. The first-order valence-corrected chi connectivity index (χ1v) is 3.14. The SMILES string of the molecule is Bc1cccc(C(F)(F)F)c1. The summed E-state index contributed by atoms with van der Waals surface area (Å²) >= 11 is 0. The molecule has 1 aromatic carbocycles. The van der Waals surface area contributed by atoms with Crippen molar-refractivity contribution in [1.29, 1.82) is 0 Å². The van der Waals surface area contributed by atoms with E-state index in [0.717, 1.165) is 12.1 Å². The average molecular weight is 158 g/mol. The van der Waals surface area contributed by atoms with Gasteiger partial charge < -0.3 is 0 Å². The molecular weight excluding hydrogens is 152 g/mol. The quantitative estimate of drug-likeness (QED) is 0.493. The highest BCUT2D eigenvalue weighted by Crippen LogP contribution is 2.27. The van der Waals surface area contributed by atoms with Crippen LogP contribution in [-0.2, 0) is 6.18 Å². The van der Waals surface area contributed by atoms with Crippen molar-refractivity contribution in [3.8, 4) is 0 Å². The van der Waals surface area contributed by atoms with Crippen LogP contribution < -0.4 is 5.46 Å². The molecule has 1 aromatic rings. The van der Waals surface area contributed by atoms with Crippen molar-refractivity contribution < 1.29 is 13.2 Å². The van der Waals surface area contributed by atoms with E-state index >= 15 is 0 Å².